The van der Waals surface area contributed by atoms with E-state index < -0.39 is 9.84 Å². The summed E-state index contributed by atoms with van der Waals surface area (Å²) in [6.07, 6.45) is 0.634. The van der Waals surface area contributed by atoms with Gasteiger partial charge in [0.1, 0.15) is 0 Å². The second-order valence-electron chi connectivity index (χ2n) is 3.78. The van der Waals surface area contributed by atoms with Crippen LogP contribution in [0.25, 0.3) is 0 Å². The van der Waals surface area contributed by atoms with E-state index in [9.17, 15) is 8.42 Å². The van der Waals surface area contributed by atoms with E-state index in [1.54, 1.807) is 0 Å². The van der Waals surface area contributed by atoms with Gasteiger partial charge in [0.25, 0.3) is 0 Å². The Labute approximate surface area is 90.0 Å². The minimum atomic E-state index is -3.04. The highest BCUT2D eigenvalue weighted by Gasteiger charge is 2.29. The van der Waals surface area contributed by atoms with Gasteiger partial charge in [-0.2, -0.15) is 0 Å². The molecule has 0 unspecified atom stereocenters. The zero-order chi connectivity index (χ0) is 10.7. The molecule has 0 bridgehead atoms. The summed E-state index contributed by atoms with van der Waals surface area (Å²) >= 11 is 0. The molecule has 3 nitrogen and oxygen atoms in total. The van der Waals surface area contributed by atoms with Gasteiger partial charge in [0.2, 0.25) is 0 Å². The molecule has 1 aromatic rings. The van der Waals surface area contributed by atoms with E-state index >= 15 is 0 Å². The molecule has 0 saturated carbocycles. The Hall–Kier alpha value is -0.870. The Morgan fingerprint density at radius 1 is 1.27 bits per heavy atom. The Morgan fingerprint density at radius 2 is 2.00 bits per heavy atom. The van der Waals surface area contributed by atoms with Crippen molar-refractivity contribution in [2.75, 3.05) is 13.2 Å². The first-order chi connectivity index (χ1) is 7.18. The Balaban J connectivity index is 2.11. The molecule has 1 saturated heterocycles. The molecule has 2 rings (SSSR count). The molecule has 0 aromatic heterocycles. The zero-order valence-electron chi connectivity index (χ0n) is 8.43. The average molecular weight is 226 g/mol. The summed E-state index contributed by atoms with van der Waals surface area (Å²) in [5.74, 6) is 0.127. The van der Waals surface area contributed by atoms with Crippen LogP contribution in [0.3, 0.4) is 0 Å². The summed E-state index contributed by atoms with van der Waals surface area (Å²) in [5, 5.41) is -0.308. The molecular formula is C11H14O3S. The Morgan fingerprint density at radius 3 is 2.60 bits per heavy atom. The quantitative estimate of drug-likeness (QED) is 0.782. The van der Waals surface area contributed by atoms with E-state index in [2.05, 4.69) is 0 Å². The van der Waals surface area contributed by atoms with E-state index in [-0.39, 0.29) is 11.0 Å². The predicted molar refractivity (Wildman–Crippen MR) is 58.3 cm³/mol. The van der Waals surface area contributed by atoms with Gasteiger partial charge < -0.3 is 4.74 Å². The van der Waals surface area contributed by atoms with Crippen LogP contribution in [0.5, 0.6) is 0 Å². The van der Waals surface area contributed by atoms with Crippen molar-refractivity contribution in [2.24, 2.45) is 0 Å². The van der Waals surface area contributed by atoms with Crippen LogP contribution in [0.4, 0.5) is 0 Å². The van der Waals surface area contributed by atoms with Crippen molar-refractivity contribution in [3.05, 3.63) is 35.9 Å². The summed E-state index contributed by atoms with van der Waals surface area (Å²) in [6, 6.07) is 9.28. The number of ether oxygens (including phenoxy) is 1. The third kappa shape index (κ3) is 2.58. The van der Waals surface area contributed by atoms with Crippen LogP contribution in [0.15, 0.2) is 30.3 Å². The normalized spacial score (nSPS) is 21.7. The molecule has 1 heterocycles. The van der Waals surface area contributed by atoms with Gasteiger partial charge in [0.05, 0.1) is 17.6 Å². The summed E-state index contributed by atoms with van der Waals surface area (Å²) in [7, 11) is -3.04. The van der Waals surface area contributed by atoms with Crippen LogP contribution in [-0.4, -0.2) is 26.9 Å². The molecule has 0 aliphatic carbocycles. The van der Waals surface area contributed by atoms with Crippen molar-refractivity contribution in [1.29, 1.82) is 0 Å². The van der Waals surface area contributed by atoms with Crippen LogP contribution >= 0.6 is 0 Å². The lowest BCUT2D eigenvalue weighted by molar-refractivity contribution is 0.198. The fourth-order valence-corrected chi connectivity index (χ4v) is 3.37. The first-order valence-corrected chi connectivity index (χ1v) is 6.73. The van der Waals surface area contributed by atoms with Gasteiger partial charge in [-0.25, -0.2) is 8.42 Å². The molecule has 1 aliphatic heterocycles. The molecular weight excluding hydrogens is 212 g/mol. The van der Waals surface area contributed by atoms with Crippen LogP contribution < -0.4 is 0 Å². The third-order valence-corrected chi connectivity index (χ3v) is 4.73. The van der Waals surface area contributed by atoms with Gasteiger partial charge >= 0.3 is 0 Å². The second-order valence-corrected chi connectivity index (χ2v) is 6.06. The molecule has 0 N–H and O–H groups in total. The third-order valence-electron chi connectivity index (χ3n) is 2.61. The van der Waals surface area contributed by atoms with Crippen molar-refractivity contribution in [3.63, 3.8) is 0 Å². The van der Waals surface area contributed by atoms with Crippen LogP contribution in [0, 0.1) is 0 Å². The monoisotopic (exact) mass is 226 g/mol. The van der Waals surface area contributed by atoms with Gasteiger partial charge in [0.15, 0.2) is 9.84 Å². The van der Waals surface area contributed by atoms with Crippen LogP contribution in [0.1, 0.15) is 12.0 Å². The molecule has 0 amide bonds. The fraction of sp³-hybridized carbons (Fsp3) is 0.455. The largest absolute Gasteiger partial charge is 0.380 e. The fourth-order valence-electron chi connectivity index (χ4n) is 1.72. The molecule has 0 radical (unpaired) electrons. The lowest BCUT2D eigenvalue weighted by Crippen LogP contribution is -2.22. The molecule has 1 aliphatic rings. The maximum absolute atomic E-state index is 11.9. The first-order valence-electron chi connectivity index (χ1n) is 5.02. The van der Waals surface area contributed by atoms with E-state index in [0.29, 0.717) is 19.6 Å². The lowest BCUT2D eigenvalue weighted by Gasteiger charge is -2.09. The van der Waals surface area contributed by atoms with Crippen molar-refractivity contribution in [1.82, 2.24) is 0 Å². The highest BCUT2D eigenvalue weighted by molar-refractivity contribution is 7.91. The molecule has 15 heavy (non-hydrogen) atoms. The zero-order valence-corrected chi connectivity index (χ0v) is 9.24. The Kier molecular flexibility index (Phi) is 3.07. The summed E-state index contributed by atoms with van der Waals surface area (Å²) in [5.41, 5.74) is 0.851. The number of benzene rings is 1. The number of hydrogen-bond donors (Lipinski definition) is 0. The lowest BCUT2D eigenvalue weighted by atomic mass is 10.2. The predicted octanol–water partition coefficient (Wildman–Crippen LogP) is 1.39. The van der Waals surface area contributed by atoms with E-state index in [1.807, 2.05) is 30.3 Å². The summed E-state index contributed by atoms with van der Waals surface area (Å²) < 4.78 is 28.9. The van der Waals surface area contributed by atoms with Crippen LogP contribution in [-0.2, 0) is 20.3 Å². The van der Waals surface area contributed by atoms with E-state index in [4.69, 9.17) is 4.74 Å². The first kappa shape index (κ1) is 10.6. The molecule has 4 heteroatoms. The van der Waals surface area contributed by atoms with E-state index in [1.165, 1.54) is 0 Å². The minimum absolute atomic E-state index is 0.127. The molecule has 1 aromatic carbocycles. The summed E-state index contributed by atoms with van der Waals surface area (Å²) in [4.78, 5) is 0. The average Bonchev–Trinajstić information content (AvgIpc) is 2.71. The summed E-state index contributed by atoms with van der Waals surface area (Å²) in [6.45, 7) is 0.924. The Bertz CT molecular complexity index is 405. The molecule has 82 valence electrons. The van der Waals surface area contributed by atoms with Crippen molar-refractivity contribution in [2.45, 2.75) is 17.4 Å². The highest BCUT2D eigenvalue weighted by Crippen LogP contribution is 2.18. The maximum atomic E-state index is 11.9. The molecule has 0 spiro atoms. The number of rotatable bonds is 3. The standard InChI is InChI=1S/C11H14O3S/c12-15(13,11-6-7-14-8-11)9-10-4-2-1-3-5-10/h1-5,11H,6-9H2/t11-/m1/s1. The molecule has 1 fully saturated rings. The van der Waals surface area contributed by atoms with Crippen LogP contribution in [0.2, 0.25) is 0 Å². The van der Waals surface area contributed by atoms with Crippen molar-refractivity contribution >= 4 is 9.84 Å². The maximum Gasteiger partial charge on any atom is 0.159 e. The van der Waals surface area contributed by atoms with E-state index in [0.717, 1.165) is 5.56 Å². The van der Waals surface area contributed by atoms with Gasteiger partial charge in [-0.15, -0.1) is 0 Å². The molecule has 1 atom stereocenters. The van der Waals surface area contributed by atoms with Crippen molar-refractivity contribution in [3.8, 4) is 0 Å². The second kappa shape index (κ2) is 4.33. The van der Waals surface area contributed by atoms with Gasteiger partial charge in [-0.05, 0) is 12.0 Å². The number of hydrogen-bond acceptors (Lipinski definition) is 3. The topological polar surface area (TPSA) is 43.4 Å². The smallest absolute Gasteiger partial charge is 0.159 e. The van der Waals surface area contributed by atoms with Gasteiger partial charge in [-0.3, -0.25) is 0 Å². The minimum Gasteiger partial charge on any atom is -0.380 e. The number of sulfone groups is 1. The van der Waals surface area contributed by atoms with Gasteiger partial charge in [-0.1, -0.05) is 30.3 Å². The SMILES string of the molecule is O=S(=O)(Cc1ccccc1)[C@@H]1CCOC1. The van der Waals surface area contributed by atoms with Gasteiger partial charge in [0, 0.05) is 6.61 Å². The van der Waals surface area contributed by atoms with Crippen molar-refractivity contribution < 1.29 is 13.2 Å². The highest BCUT2D eigenvalue weighted by atomic mass is 32.2.